The third kappa shape index (κ3) is 1.21. The van der Waals surface area contributed by atoms with E-state index in [9.17, 15) is 4.79 Å². The summed E-state index contributed by atoms with van der Waals surface area (Å²) in [5, 5.41) is 3.64. The predicted octanol–water partition coefficient (Wildman–Crippen LogP) is 0.570. The van der Waals surface area contributed by atoms with Gasteiger partial charge in [-0.3, -0.25) is 4.79 Å². The molecular formula is C9H7N2O. The zero-order chi connectivity index (χ0) is 8.39. The lowest BCUT2D eigenvalue weighted by atomic mass is 10.1. The number of nitrogens with zero attached hydrogens (tertiary/aromatic N) is 1. The second-order valence-electron chi connectivity index (χ2n) is 2.59. The van der Waals surface area contributed by atoms with Crippen molar-refractivity contribution in [2.24, 2.45) is 5.10 Å². The number of rotatable bonds is 0. The van der Waals surface area contributed by atoms with Crippen LogP contribution in [0.4, 0.5) is 0 Å². The molecule has 0 aromatic heterocycles. The van der Waals surface area contributed by atoms with Crippen LogP contribution >= 0.6 is 0 Å². The van der Waals surface area contributed by atoms with Gasteiger partial charge in [-0.15, -0.1) is 0 Å². The van der Waals surface area contributed by atoms with Gasteiger partial charge in [-0.1, -0.05) is 24.3 Å². The standard InChI is InChI=1S/C9H7N2O/c12-9-5-7-3-1-2-4-8(7)6-10-11-9/h1-4H,5H2,(H,11,12). The van der Waals surface area contributed by atoms with Gasteiger partial charge < -0.3 is 0 Å². The number of amides is 1. The maximum Gasteiger partial charge on any atom is 0.244 e. The van der Waals surface area contributed by atoms with Crippen LogP contribution in [0.1, 0.15) is 11.1 Å². The molecule has 0 bridgehead atoms. The van der Waals surface area contributed by atoms with Gasteiger partial charge in [0, 0.05) is 5.56 Å². The molecule has 1 aliphatic heterocycles. The van der Waals surface area contributed by atoms with Gasteiger partial charge in [0.05, 0.1) is 6.42 Å². The SMILES string of the molecule is O=C1Cc2ccccc2[C]=NN1. The molecule has 1 aromatic rings. The van der Waals surface area contributed by atoms with Gasteiger partial charge >= 0.3 is 0 Å². The molecule has 0 saturated carbocycles. The number of hydrogen-bond acceptors (Lipinski definition) is 2. The van der Waals surface area contributed by atoms with Crippen LogP contribution in [0.15, 0.2) is 29.4 Å². The molecule has 1 amide bonds. The zero-order valence-corrected chi connectivity index (χ0v) is 6.37. The Morgan fingerprint density at radius 2 is 2.25 bits per heavy atom. The molecule has 3 nitrogen and oxygen atoms in total. The summed E-state index contributed by atoms with van der Waals surface area (Å²) in [6.45, 7) is 0. The highest BCUT2D eigenvalue weighted by Crippen LogP contribution is 2.08. The van der Waals surface area contributed by atoms with E-state index in [1.807, 2.05) is 24.3 Å². The van der Waals surface area contributed by atoms with Crippen LogP contribution in [0.25, 0.3) is 0 Å². The number of hydrogen-bond donors (Lipinski definition) is 1. The Labute approximate surface area is 70.1 Å². The molecule has 0 aliphatic carbocycles. The Bertz CT molecular complexity index is 344. The monoisotopic (exact) mass is 159 g/mol. The summed E-state index contributed by atoms with van der Waals surface area (Å²) in [4.78, 5) is 11.0. The van der Waals surface area contributed by atoms with Crippen LogP contribution in [-0.4, -0.2) is 12.1 Å². The van der Waals surface area contributed by atoms with Gasteiger partial charge in [-0.25, -0.2) is 5.43 Å². The van der Waals surface area contributed by atoms with E-state index in [1.54, 1.807) is 0 Å². The highest BCUT2D eigenvalue weighted by atomic mass is 16.2. The van der Waals surface area contributed by atoms with Crippen LogP contribution in [0.2, 0.25) is 0 Å². The lowest BCUT2D eigenvalue weighted by Crippen LogP contribution is -2.17. The minimum absolute atomic E-state index is 0.0903. The Kier molecular flexibility index (Phi) is 1.63. The average molecular weight is 159 g/mol. The van der Waals surface area contributed by atoms with Crippen molar-refractivity contribution in [1.29, 1.82) is 0 Å². The van der Waals surface area contributed by atoms with Gasteiger partial charge in [0.15, 0.2) is 0 Å². The fraction of sp³-hybridized carbons (Fsp3) is 0.111. The van der Waals surface area contributed by atoms with Crippen LogP contribution in [0.3, 0.4) is 0 Å². The number of fused-ring (bicyclic) bond motifs is 1. The molecule has 0 unspecified atom stereocenters. The molecule has 0 spiro atoms. The molecule has 0 saturated heterocycles. The fourth-order valence-corrected chi connectivity index (χ4v) is 1.15. The van der Waals surface area contributed by atoms with Crippen molar-refractivity contribution in [1.82, 2.24) is 5.43 Å². The number of benzene rings is 1. The third-order valence-electron chi connectivity index (χ3n) is 1.73. The van der Waals surface area contributed by atoms with Gasteiger partial charge in [0.25, 0.3) is 0 Å². The summed E-state index contributed by atoms with van der Waals surface area (Å²) in [5.74, 6) is -0.0903. The van der Waals surface area contributed by atoms with E-state index in [0.29, 0.717) is 6.42 Å². The van der Waals surface area contributed by atoms with E-state index >= 15 is 0 Å². The molecule has 1 radical (unpaired) electrons. The molecule has 0 atom stereocenters. The Morgan fingerprint density at radius 1 is 1.42 bits per heavy atom. The van der Waals surface area contributed by atoms with E-state index < -0.39 is 0 Å². The second-order valence-corrected chi connectivity index (χ2v) is 2.59. The number of carbonyl (C=O) groups excluding carboxylic acids is 1. The lowest BCUT2D eigenvalue weighted by molar-refractivity contribution is -0.120. The third-order valence-corrected chi connectivity index (χ3v) is 1.73. The molecule has 3 heteroatoms. The van der Waals surface area contributed by atoms with Crippen molar-refractivity contribution < 1.29 is 4.79 Å². The summed E-state index contributed by atoms with van der Waals surface area (Å²) in [7, 11) is 0. The van der Waals surface area contributed by atoms with Crippen molar-refractivity contribution in [3.63, 3.8) is 0 Å². The van der Waals surface area contributed by atoms with Crippen LogP contribution in [-0.2, 0) is 11.2 Å². The Balaban J connectivity index is 2.48. The minimum Gasteiger partial charge on any atom is -0.273 e. The van der Waals surface area contributed by atoms with Crippen molar-refractivity contribution in [2.75, 3.05) is 0 Å². The summed E-state index contributed by atoms with van der Waals surface area (Å²) in [5.41, 5.74) is 4.22. The Morgan fingerprint density at radius 3 is 3.17 bits per heavy atom. The number of carbonyl (C=O) groups is 1. The van der Waals surface area contributed by atoms with Crippen LogP contribution in [0, 0.1) is 0 Å². The van der Waals surface area contributed by atoms with Crippen molar-refractivity contribution >= 4 is 12.1 Å². The molecule has 0 fully saturated rings. The summed E-state index contributed by atoms with van der Waals surface area (Å²) in [6.07, 6.45) is 3.13. The summed E-state index contributed by atoms with van der Waals surface area (Å²) >= 11 is 0. The highest BCUT2D eigenvalue weighted by Gasteiger charge is 2.08. The fourth-order valence-electron chi connectivity index (χ4n) is 1.15. The first-order valence-electron chi connectivity index (χ1n) is 3.69. The van der Waals surface area contributed by atoms with E-state index in [2.05, 4.69) is 16.7 Å². The molecule has 2 rings (SSSR count). The van der Waals surface area contributed by atoms with Gasteiger partial charge in [0.1, 0.15) is 6.21 Å². The van der Waals surface area contributed by atoms with E-state index in [-0.39, 0.29) is 5.91 Å². The highest BCUT2D eigenvalue weighted by molar-refractivity contribution is 5.89. The van der Waals surface area contributed by atoms with Crippen molar-refractivity contribution in [3.8, 4) is 0 Å². The predicted molar refractivity (Wildman–Crippen MR) is 44.8 cm³/mol. The van der Waals surface area contributed by atoms with Gasteiger partial charge in [-0.05, 0) is 5.56 Å². The van der Waals surface area contributed by atoms with E-state index in [1.165, 1.54) is 0 Å². The molecule has 1 heterocycles. The number of nitrogens with one attached hydrogen (secondary N) is 1. The van der Waals surface area contributed by atoms with Gasteiger partial charge in [-0.2, -0.15) is 5.10 Å². The first-order valence-corrected chi connectivity index (χ1v) is 3.69. The Hall–Kier alpha value is -1.64. The van der Waals surface area contributed by atoms with Gasteiger partial charge in [0.2, 0.25) is 5.91 Å². The molecule has 12 heavy (non-hydrogen) atoms. The smallest absolute Gasteiger partial charge is 0.244 e. The maximum absolute atomic E-state index is 11.0. The minimum atomic E-state index is -0.0903. The lowest BCUT2D eigenvalue weighted by Gasteiger charge is -1.98. The van der Waals surface area contributed by atoms with E-state index in [4.69, 9.17) is 0 Å². The average Bonchev–Trinajstić information content (AvgIpc) is 2.25. The summed E-state index contributed by atoms with van der Waals surface area (Å²) in [6, 6.07) is 7.60. The van der Waals surface area contributed by atoms with Crippen LogP contribution in [0.5, 0.6) is 0 Å². The van der Waals surface area contributed by atoms with Crippen molar-refractivity contribution in [3.05, 3.63) is 35.4 Å². The first kappa shape index (κ1) is 7.03. The second kappa shape index (κ2) is 2.77. The first-order chi connectivity index (χ1) is 5.86. The molecule has 59 valence electrons. The molecule has 1 aromatic carbocycles. The molecule has 1 aliphatic rings. The normalized spacial score (nSPS) is 14.8. The molecular weight excluding hydrogens is 152 g/mol. The topological polar surface area (TPSA) is 41.5 Å². The quantitative estimate of drug-likeness (QED) is 0.590. The van der Waals surface area contributed by atoms with E-state index in [0.717, 1.165) is 11.1 Å². The van der Waals surface area contributed by atoms with Crippen molar-refractivity contribution in [2.45, 2.75) is 6.42 Å². The largest absolute Gasteiger partial charge is 0.273 e. The maximum atomic E-state index is 11.0. The number of hydrazone groups is 1. The zero-order valence-electron chi connectivity index (χ0n) is 6.37. The summed E-state index contributed by atoms with van der Waals surface area (Å²) < 4.78 is 0. The molecule has 1 N–H and O–H groups in total. The van der Waals surface area contributed by atoms with Crippen LogP contribution < -0.4 is 5.43 Å².